The highest BCUT2D eigenvalue weighted by Crippen LogP contribution is 2.29. The van der Waals surface area contributed by atoms with E-state index >= 15 is 0 Å². The lowest BCUT2D eigenvalue weighted by molar-refractivity contribution is -0.0430. The van der Waals surface area contributed by atoms with Crippen LogP contribution in [0.3, 0.4) is 0 Å². The van der Waals surface area contributed by atoms with Gasteiger partial charge in [0, 0.05) is 13.1 Å². The second-order valence-corrected chi connectivity index (χ2v) is 3.53. The quantitative estimate of drug-likeness (QED) is 0.770. The van der Waals surface area contributed by atoms with E-state index in [9.17, 15) is 0 Å². The molecular formula is C11H17N3O2. The van der Waals surface area contributed by atoms with E-state index in [4.69, 9.17) is 9.68 Å². The van der Waals surface area contributed by atoms with Crippen molar-refractivity contribution in [2.24, 2.45) is 0 Å². The fourth-order valence-electron chi connectivity index (χ4n) is 1.87. The van der Waals surface area contributed by atoms with E-state index in [-0.39, 0.29) is 0 Å². The highest BCUT2D eigenvalue weighted by Gasteiger charge is 2.18. The van der Waals surface area contributed by atoms with E-state index in [1.54, 1.807) is 14.2 Å². The Labute approximate surface area is 95.5 Å². The van der Waals surface area contributed by atoms with Gasteiger partial charge in [-0.1, -0.05) is 12.1 Å². The smallest absolute Gasteiger partial charge is 0.118 e. The van der Waals surface area contributed by atoms with Crippen molar-refractivity contribution in [2.45, 2.75) is 0 Å². The zero-order chi connectivity index (χ0) is 11.4. The largest absolute Gasteiger partial charge is 0.356 e. The average Bonchev–Trinajstić information content (AvgIpc) is 2.85. The highest BCUT2D eigenvalue weighted by atomic mass is 16.9. The van der Waals surface area contributed by atoms with Crippen LogP contribution in [0.5, 0.6) is 0 Å². The molecule has 0 bridgehead atoms. The van der Waals surface area contributed by atoms with E-state index in [2.05, 4.69) is 16.3 Å². The van der Waals surface area contributed by atoms with Crippen LogP contribution in [-0.4, -0.2) is 34.0 Å². The van der Waals surface area contributed by atoms with Crippen LogP contribution in [0.4, 0.5) is 11.4 Å². The Hall–Kier alpha value is -1.30. The van der Waals surface area contributed by atoms with Crippen LogP contribution in [0, 0.1) is 0 Å². The molecule has 0 spiro atoms. The normalized spacial score (nSPS) is 15.5. The van der Waals surface area contributed by atoms with E-state index < -0.39 is 0 Å². The molecule has 1 aromatic rings. The zero-order valence-corrected chi connectivity index (χ0v) is 9.64. The number of anilines is 2. The maximum atomic E-state index is 5.15. The van der Waals surface area contributed by atoms with Crippen molar-refractivity contribution in [1.82, 2.24) is 5.32 Å². The Kier molecular flexibility index (Phi) is 3.61. The summed E-state index contributed by atoms with van der Waals surface area (Å²) < 4.78 is 0. The first-order chi connectivity index (χ1) is 7.86. The number of hydrogen-bond donors (Lipinski definition) is 1. The summed E-state index contributed by atoms with van der Waals surface area (Å²) in [6.45, 7) is 2.87. The summed E-state index contributed by atoms with van der Waals surface area (Å²) in [5, 5.41) is 4.71. The average molecular weight is 223 g/mol. The minimum atomic E-state index is 0.859. The van der Waals surface area contributed by atoms with Crippen LogP contribution in [0.1, 0.15) is 0 Å². The third kappa shape index (κ3) is 2.11. The molecule has 0 radical (unpaired) electrons. The molecule has 88 valence electrons. The lowest BCUT2D eigenvalue weighted by Gasteiger charge is -2.25. The lowest BCUT2D eigenvalue weighted by Crippen LogP contribution is -2.26. The number of nitrogens with one attached hydrogen (secondary N) is 1. The van der Waals surface area contributed by atoms with Gasteiger partial charge in [0.1, 0.15) is 5.69 Å². The van der Waals surface area contributed by atoms with Crippen molar-refractivity contribution in [1.29, 1.82) is 0 Å². The van der Waals surface area contributed by atoms with Gasteiger partial charge in [-0.3, -0.25) is 15.0 Å². The van der Waals surface area contributed by atoms with Crippen molar-refractivity contribution in [3.05, 3.63) is 24.3 Å². The molecule has 5 heteroatoms. The van der Waals surface area contributed by atoms with Gasteiger partial charge in [-0.25, -0.2) is 0 Å². The predicted octanol–water partition coefficient (Wildman–Crippen LogP) is 0.983. The molecule has 0 aromatic heterocycles. The Balaban J connectivity index is 2.28. The van der Waals surface area contributed by atoms with Crippen LogP contribution in [0.15, 0.2) is 24.3 Å². The van der Waals surface area contributed by atoms with E-state index in [0.29, 0.717) is 0 Å². The molecule has 1 heterocycles. The number of nitrogens with zero attached hydrogens (tertiary/aromatic N) is 2. The van der Waals surface area contributed by atoms with Gasteiger partial charge in [0.15, 0.2) is 0 Å². The Morgan fingerprint density at radius 3 is 2.62 bits per heavy atom. The van der Waals surface area contributed by atoms with Crippen molar-refractivity contribution < 1.29 is 9.68 Å². The zero-order valence-electron chi connectivity index (χ0n) is 9.64. The standard InChI is InChI=1S/C11H17N3O2/c1-15-14(16-2)11-6-4-3-5-10(11)13-8-7-12-9-13/h3-6,12H,7-9H2,1-2H3. The van der Waals surface area contributed by atoms with E-state index in [0.717, 1.165) is 31.1 Å². The van der Waals surface area contributed by atoms with Gasteiger partial charge >= 0.3 is 0 Å². The first-order valence-electron chi connectivity index (χ1n) is 5.30. The second kappa shape index (κ2) is 5.16. The molecule has 1 aliphatic rings. The van der Waals surface area contributed by atoms with Crippen molar-refractivity contribution in [2.75, 3.05) is 44.1 Å². The van der Waals surface area contributed by atoms with Crippen molar-refractivity contribution >= 4 is 11.4 Å². The fraction of sp³-hybridized carbons (Fsp3) is 0.455. The molecule has 1 aliphatic heterocycles. The summed E-state index contributed by atoms with van der Waals surface area (Å²) in [7, 11) is 3.17. The number of benzene rings is 1. The summed E-state index contributed by atoms with van der Waals surface area (Å²) >= 11 is 0. The summed E-state index contributed by atoms with van der Waals surface area (Å²) in [5.74, 6) is 0. The lowest BCUT2D eigenvalue weighted by atomic mass is 10.2. The number of para-hydroxylation sites is 2. The maximum absolute atomic E-state index is 5.15. The predicted molar refractivity (Wildman–Crippen MR) is 63.2 cm³/mol. The molecule has 1 aromatic carbocycles. The molecule has 1 N–H and O–H groups in total. The molecule has 0 saturated carbocycles. The third-order valence-corrected chi connectivity index (χ3v) is 2.61. The van der Waals surface area contributed by atoms with Gasteiger partial charge in [0.25, 0.3) is 0 Å². The molecule has 0 unspecified atom stereocenters. The van der Waals surface area contributed by atoms with Gasteiger partial charge in [0.05, 0.1) is 26.6 Å². The van der Waals surface area contributed by atoms with Gasteiger partial charge in [0.2, 0.25) is 0 Å². The number of rotatable bonds is 4. The summed E-state index contributed by atoms with van der Waals surface area (Å²) in [4.78, 5) is 12.5. The Morgan fingerprint density at radius 1 is 1.25 bits per heavy atom. The second-order valence-electron chi connectivity index (χ2n) is 3.53. The molecule has 1 fully saturated rings. The summed E-state index contributed by atoms with van der Waals surface area (Å²) in [6.07, 6.45) is 0. The molecule has 16 heavy (non-hydrogen) atoms. The molecular weight excluding hydrogens is 206 g/mol. The van der Waals surface area contributed by atoms with Crippen LogP contribution in [-0.2, 0) is 9.68 Å². The monoisotopic (exact) mass is 223 g/mol. The molecule has 5 nitrogen and oxygen atoms in total. The summed E-state index contributed by atoms with van der Waals surface area (Å²) in [6, 6.07) is 8.02. The van der Waals surface area contributed by atoms with Crippen LogP contribution in [0.2, 0.25) is 0 Å². The number of hydrogen-bond acceptors (Lipinski definition) is 5. The maximum Gasteiger partial charge on any atom is 0.118 e. The van der Waals surface area contributed by atoms with Crippen LogP contribution >= 0.6 is 0 Å². The van der Waals surface area contributed by atoms with E-state index in [1.807, 2.05) is 18.2 Å². The minimum absolute atomic E-state index is 0.859. The molecule has 0 aliphatic carbocycles. The molecule has 0 amide bonds. The summed E-state index contributed by atoms with van der Waals surface area (Å²) in [5.41, 5.74) is 2.02. The first kappa shape index (κ1) is 11.2. The van der Waals surface area contributed by atoms with Crippen molar-refractivity contribution in [3.63, 3.8) is 0 Å². The van der Waals surface area contributed by atoms with Crippen molar-refractivity contribution in [3.8, 4) is 0 Å². The first-order valence-corrected chi connectivity index (χ1v) is 5.30. The molecule has 0 atom stereocenters. The van der Waals surface area contributed by atoms with Gasteiger partial charge in [-0.2, -0.15) is 0 Å². The topological polar surface area (TPSA) is 37.0 Å². The third-order valence-electron chi connectivity index (χ3n) is 2.61. The fourth-order valence-corrected chi connectivity index (χ4v) is 1.87. The highest BCUT2D eigenvalue weighted by molar-refractivity contribution is 5.69. The Bertz CT molecular complexity index is 315. The van der Waals surface area contributed by atoms with Gasteiger partial charge in [-0.15, -0.1) is 5.23 Å². The SMILES string of the molecule is CON(OC)c1ccccc1N1CCNC1. The Morgan fingerprint density at radius 2 is 2.00 bits per heavy atom. The van der Waals surface area contributed by atoms with Crippen LogP contribution in [0.25, 0.3) is 0 Å². The molecule has 2 rings (SSSR count). The minimum Gasteiger partial charge on any atom is -0.356 e. The van der Waals surface area contributed by atoms with Gasteiger partial charge in [-0.05, 0) is 12.1 Å². The van der Waals surface area contributed by atoms with Gasteiger partial charge < -0.3 is 4.90 Å². The van der Waals surface area contributed by atoms with E-state index in [1.165, 1.54) is 5.23 Å². The molecule has 1 saturated heterocycles. The van der Waals surface area contributed by atoms with Crippen LogP contribution < -0.4 is 15.4 Å².